The van der Waals surface area contributed by atoms with Crippen molar-refractivity contribution in [1.82, 2.24) is 0 Å². The van der Waals surface area contributed by atoms with Crippen molar-refractivity contribution in [3.63, 3.8) is 0 Å². The van der Waals surface area contributed by atoms with Crippen molar-refractivity contribution in [3.05, 3.63) is 187 Å². The quantitative estimate of drug-likeness (QED) is 0.171. The van der Waals surface area contributed by atoms with Gasteiger partial charge in [0, 0.05) is 42.5 Å². The molecule has 0 amide bonds. The van der Waals surface area contributed by atoms with Gasteiger partial charge in [-0.3, -0.25) is 0 Å². The summed E-state index contributed by atoms with van der Waals surface area (Å²) < 4.78 is 2.62. The van der Waals surface area contributed by atoms with E-state index in [0.29, 0.717) is 0 Å². The van der Waals surface area contributed by atoms with Gasteiger partial charge in [0.1, 0.15) is 0 Å². The van der Waals surface area contributed by atoms with Gasteiger partial charge in [-0.25, -0.2) is 0 Å². The molecule has 1 aromatic heterocycles. The Morgan fingerprint density at radius 2 is 1.15 bits per heavy atom. The summed E-state index contributed by atoms with van der Waals surface area (Å²) in [5.41, 5.74) is 15.2. The highest BCUT2D eigenvalue weighted by atomic mass is 32.1. The first-order chi connectivity index (χ1) is 26.7. The molecule has 10 rings (SSSR count). The van der Waals surface area contributed by atoms with Gasteiger partial charge >= 0.3 is 0 Å². The fraction of sp³-hybridized carbons (Fsp3) is 0.132. The smallest absolute Gasteiger partial charge is 0.0540 e. The average molecular weight is 726 g/mol. The zero-order chi connectivity index (χ0) is 37.5. The van der Waals surface area contributed by atoms with E-state index < -0.39 is 0 Å². The minimum Gasteiger partial charge on any atom is -0.310 e. The monoisotopic (exact) mass is 725 g/mol. The second kappa shape index (κ2) is 12.5. The summed E-state index contributed by atoms with van der Waals surface area (Å²) in [7, 11) is 0. The molecule has 0 atom stereocenters. The van der Waals surface area contributed by atoms with Crippen LogP contribution in [0, 0.1) is 0 Å². The maximum Gasteiger partial charge on any atom is 0.0540 e. The Labute approximate surface area is 328 Å². The molecule has 9 aromatic rings. The highest BCUT2D eigenvalue weighted by Gasteiger charge is 2.38. The number of benzene rings is 8. The Bertz CT molecular complexity index is 2950. The van der Waals surface area contributed by atoms with Crippen LogP contribution in [0.25, 0.3) is 64.3 Å². The number of fused-ring (bicyclic) bond motifs is 7. The number of thiophene rings is 1. The van der Waals surface area contributed by atoms with Crippen LogP contribution in [0.15, 0.2) is 170 Å². The highest BCUT2D eigenvalue weighted by molar-refractivity contribution is 7.25. The zero-order valence-electron chi connectivity index (χ0n) is 32.0. The zero-order valence-corrected chi connectivity index (χ0v) is 32.8. The molecule has 1 aliphatic rings. The predicted octanol–water partition coefficient (Wildman–Crippen LogP) is 15.6. The van der Waals surface area contributed by atoms with Gasteiger partial charge in [0.25, 0.3) is 0 Å². The van der Waals surface area contributed by atoms with E-state index in [2.05, 4.69) is 209 Å². The van der Waals surface area contributed by atoms with Crippen molar-refractivity contribution in [2.75, 3.05) is 4.90 Å². The van der Waals surface area contributed by atoms with Crippen molar-refractivity contribution in [1.29, 1.82) is 0 Å². The number of nitrogens with zero attached hydrogens (tertiary/aromatic N) is 1. The first kappa shape index (κ1) is 33.6. The standard InChI is InChI=1S/C53H43NS/c1-52(2,3)36-27-29-44-47(32-36)53(4,5)46-24-14-23-43(51(44)46)41-20-8-10-25-48(41)54(38-28-30-50-45(33-38)42-21-9-11-26-49(42)55-50)37-18-12-17-35(31-37)40-22-13-16-34-15-6-7-19-39(34)40/h6-33H,1-5H3. The van der Waals surface area contributed by atoms with Crippen LogP contribution in [0.3, 0.4) is 0 Å². The second-order valence-corrected chi connectivity index (χ2v) is 17.7. The van der Waals surface area contributed by atoms with Gasteiger partial charge in [0.15, 0.2) is 0 Å². The molecule has 0 saturated heterocycles. The van der Waals surface area contributed by atoms with E-state index in [4.69, 9.17) is 0 Å². The molecule has 55 heavy (non-hydrogen) atoms. The largest absolute Gasteiger partial charge is 0.310 e. The Balaban J connectivity index is 1.22. The van der Waals surface area contributed by atoms with E-state index in [1.165, 1.54) is 81.0 Å². The summed E-state index contributed by atoms with van der Waals surface area (Å²) in [6, 6.07) is 63.4. The number of para-hydroxylation sites is 1. The molecule has 0 unspecified atom stereocenters. The lowest BCUT2D eigenvalue weighted by Crippen LogP contribution is -2.17. The fourth-order valence-corrected chi connectivity index (χ4v) is 10.0. The number of hydrogen-bond acceptors (Lipinski definition) is 2. The fourth-order valence-electron chi connectivity index (χ4n) is 8.95. The first-order valence-corrected chi connectivity index (χ1v) is 20.2. The molecule has 0 spiro atoms. The van der Waals surface area contributed by atoms with Gasteiger partial charge in [0.2, 0.25) is 0 Å². The number of hydrogen-bond donors (Lipinski definition) is 0. The van der Waals surface area contributed by atoms with Crippen LogP contribution in [0.2, 0.25) is 0 Å². The lowest BCUT2D eigenvalue weighted by atomic mass is 9.79. The lowest BCUT2D eigenvalue weighted by Gasteiger charge is -2.29. The highest BCUT2D eigenvalue weighted by Crippen LogP contribution is 2.55. The average Bonchev–Trinajstić information content (AvgIpc) is 3.69. The topological polar surface area (TPSA) is 3.24 Å². The van der Waals surface area contributed by atoms with Crippen molar-refractivity contribution >= 4 is 59.3 Å². The molecule has 0 saturated carbocycles. The molecule has 1 heterocycles. The van der Waals surface area contributed by atoms with E-state index in [0.717, 1.165) is 17.1 Å². The van der Waals surface area contributed by atoms with Crippen LogP contribution in [-0.2, 0) is 10.8 Å². The first-order valence-electron chi connectivity index (χ1n) is 19.3. The SMILES string of the molecule is CC(C)(C)c1ccc2c(c1)C(C)(C)c1cccc(-c3ccccc3N(c3cccc(-c4cccc5ccccc45)c3)c3ccc4sc5ccccc5c4c3)c1-2. The summed E-state index contributed by atoms with van der Waals surface area (Å²) >= 11 is 1.87. The van der Waals surface area contributed by atoms with Gasteiger partial charge in [-0.1, -0.05) is 162 Å². The maximum absolute atomic E-state index is 2.49. The van der Waals surface area contributed by atoms with E-state index in [1.807, 2.05) is 11.3 Å². The number of anilines is 3. The summed E-state index contributed by atoms with van der Waals surface area (Å²) in [5, 5.41) is 5.10. The van der Waals surface area contributed by atoms with E-state index >= 15 is 0 Å². The molecular weight excluding hydrogens is 683 g/mol. The molecule has 1 aliphatic carbocycles. The van der Waals surface area contributed by atoms with Gasteiger partial charge in [0.05, 0.1) is 5.69 Å². The van der Waals surface area contributed by atoms with E-state index in [1.54, 1.807) is 0 Å². The lowest BCUT2D eigenvalue weighted by molar-refractivity contribution is 0.584. The molecule has 1 nitrogen and oxygen atoms in total. The van der Waals surface area contributed by atoms with Crippen LogP contribution >= 0.6 is 11.3 Å². The van der Waals surface area contributed by atoms with Gasteiger partial charge in [-0.05, 0) is 103 Å². The third-order valence-electron chi connectivity index (χ3n) is 11.8. The molecule has 266 valence electrons. The van der Waals surface area contributed by atoms with Crippen LogP contribution < -0.4 is 4.90 Å². The summed E-state index contributed by atoms with van der Waals surface area (Å²) in [6.07, 6.45) is 0. The van der Waals surface area contributed by atoms with E-state index in [9.17, 15) is 0 Å². The second-order valence-electron chi connectivity index (χ2n) is 16.6. The minimum atomic E-state index is -0.117. The van der Waals surface area contributed by atoms with Gasteiger partial charge in [-0.15, -0.1) is 11.3 Å². The minimum absolute atomic E-state index is 0.0747. The molecule has 0 radical (unpaired) electrons. The molecule has 0 aliphatic heterocycles. The Kier molecular flexibility index (Phi) is 7.67. The molecule has 0 bridgehead atoms. The molecule has 2 heteroatoms. The third kappa shape index (κ3) is 5.42. The van der Waals surface area contributed by atoms with Crippen molar-refractivity contribution in [2.45, 2.75) is 45.4 Å². The van der Waals surface area contributed by atoms with Crippen LogP contribution in [-0.4, -0.2) is 0 Å². The normalized spacial score (nSPS) is 13.3. The van der Waals surface area contributed by atoms with Crippen LogP contribution in [0.1, 0.15) is 51.3 Å². The molecule has 0 fully saturated rings. The Hall–Kier alpha value is -5.96. The van der Waals surface area contributed by atoms with Gasteiger partial charge in [-0.2, -0.15) is 0 Å². The third-order valence-corrected chi connectivity index (χ3v) is 13.0. The van der Waals surface area contributed by atoms with Crippen molar-refractivity contribution in [3.8, 4) is 33.4 Å². The maximum atomic E-state index is 2.49. The summed E-state index contributed by atoms with van der Waals surface area (Å²) in [5.74, 6) is 0. The number of rotatable bonds is 5. The Morgan fingerprint density at radius 1 is 0.473 bits per heavy atom. The molecule has 8 aromatic carbocycles. The van der Waals surface area contributed by atoms with Crippen LogP contribution in [0.4, 0.5) is 17.1 Å². The van der Waals surface area contributed by atoms with E-state index in [-0.39, 0.29) is 10.8 Å². The predicted molar refractivity (Wildman–Crippen MR) is 239 cm³/mol. The van der Waals surface area contributed by atoms with Crippen molar-refractivity contribution in [2.24, 2.45) is 0 Å². The summed E-state index contributed by atoms with van der Waals surface area (Å²) in [4.78, 5) is 2.49. The van der Waals surface area contributed by atoms with Gasteiger partial charge < -0.3 is 4.90 Å². The molecular formula is C53H43NS. The Morgan fingerprint density at radius 3 is 2.02 bits per heavy atom. The summed E-state index contributed by atoms with van der Waals surface area (Å²) in [6.45, 7) is 11.7. The van der Waals surface area contributed by atoms with Crippen molar-refractivity contribution < 1.29 is 0 Å². The molecule has 0 N–H and O–H groups in total. The van der Waals surface area contributed by atoms with Crippen LogP contribution in [0.5, 0.6) is 0 Å².